The summed E-state index contributed by atoms with van der Waals surface area (Å²) in [6.45, 7) is 5.79. The smallest absolute Gasteiger partial charge is 0.211 e. The summed E-state index contributed by atoms with van der Waals surface area (Å²) in [6, 6.07) is 15.5. The molecule has 3 aliphatic rings. The Morgan fingerprint density at radius 3 is 2.34 bits per heavy atom. The summed E-state index contributed by atoms with van der Waals surface area (Å²) < 4.78 is 36.5. The van der Waals surface area contributed by atoms with E-state index >= 15 is 0 Å². The molecule has 5 rings (SSSR count). The normalized spacial score (nSPS) is 22.3. The highest BCUT2D eigenvalue weighted by Crippen LogP contribution is 2.38. The average molecular weight is 458 g/mol. The van der Waals surface area contributed by atoms with Crippen LogP contribution in [0.2, 0.25) is 0 Å². The molecule has 0 amide bonds. The van der Waals surface area contributed by atoms with Crippen molar-refractivity contribution in [3.05, 3.63) is 53.6 Å². The van der Waals surface area contributed by atoms with Crippen molar-refractivity contribution in [3.8, 4) is 11.5 Å². The fourth-order valence-electron chi connectivity index (χ4n) is 4.98. The third kappa shape index (κ3) is 4.58. The Hall–Kier alpha value is -2.29. The number of nitrogens with zero attached hydrogens (tertiary/aromatic N) is 3. The Bertz CT molecular complexity index is 1050. The molecule has 0 aromatic heterocycles. The van der Waals surface area contributed by atoms with Gasteiger partial charge in [-0.15, -0.1) is 0 Å². The fraction of sp³-hybridized carbons (Fsp3) is 0.500. The minimum absolute atomic E-state index is 0.398. The topological polar surface area (TPSA) is 62.3 Å². The predicted molar refractivity (Wildman–Crippen MR) is 125 cm³/mol. The van der Waals surface area contributed by atoms with Gasteiger partial charge in [-0.1, -0.05) is 18.2 Å². The van der Waals surface area contributed by atoms with Gasteiger partial charge in [0.15, 0.2) is 11.5 Å². The number of piperazine rings is 1. The van der Waals surface area contributed by atoms with E-state index in [1.54, 1.807) is 4.31 Å². The minimum atomic E-state index is -3.10. The van der Waals surface area contributed by atoms with E-state index in [0.717, 1.165) is 49.8 Å². The minimum Gasteiger partial charge on any atom is -0.486 e. The molecular weight excluding hydrogens is 426 g/mol. The van der Waals surface area contributed by atoms with E-state index in [0.29, 0.717) is 32.3 Å². The highest BCUT2D eigenvalue weighted by Gasteiger charge is 2.28. The second kappa shape index (κ2) is 8.92. The van der Waals surface area contributed by atoms with Gasteiger partial charge in [0.2, 0.25) is 10.0 Å². The second-order valence-corrected chi connectivity index (χ2v) is 10.8. The number of likely N-dealkylation sites (tertiary alicyclic amines) is 1. The fourth-order valence-corrected chi connectivity index (χ4v) is 5.81. The SMILES string of the molecule is CS(=O)(=O)N1CCN(c2ccc(CN3CCC[C@@H]3c3ccc4c(c3)OCCO4)cc2)CC1. The van der Waals surface area contributed by atoms with Gasteiger partial charge in [-0.25, -0.2) is 8.42 Å². The van der Waals surface area contributed by atoms with Crippen LogP contribution in [0.25, 0.3) is 0 Å². The standard InChI is InChI=1S/C24H31N3O4S/c1-32(28,29)27-13-11-25(12-14-27)21-7-4-19(5-8-21)18-26-10-2-3-22(26)20-6-9-23-24(17-20)31-16-15-30-23/h4-9,17,22H,2-3,10-16,18H2,1H3/t22-/m1/s1. The number of sulfonamides is 1. The van der Waals surface area contributed by atoms with E-state index in [1.807, 2.05) is 6.07 Å². The third-order valence-electron chi connectivity index (χ3n) is 6.71. The van der Waals surface area contributed by atoms with Crippen LogP contribution >= 0.6 is 0 Å². The van der Waals surface area contributed by atoms with Crippen molar-refractivity contribution in [2.75, 3.05) is 57.1 Å². The van der Waals surface area contributed by atoms with Gasteiger partial charge >= 0.3 is 0 Å². The van der Waals surface area contributed by atoms with E-state index in [9.17, 15) is 8.42 Å². The number of hydrogen-bond acceptors (Lipinski definition) is 6. The Kier molecular flexibility index (Phi) is 6.01. The zero-order valence-electron chi connectivity index (χ0n) is 18.6. The van der Waals surface area contributed by atoms with Gasteiger partial charge < -0.3 is 14.4 Å². The number of fused-ring (bicyclic) bond motifs is 1. The molecule has 32 heavy (non-hydrogen) atoms. The lowest BCUT2D eigenvalue weighted by atomic mass is 10.0. The van der Waals surface area contributed by atoms with Crippen LogP contribution in [0, 0.1) is 0 Å². The molecule has 0 aliphatic carbocycles. The molecule has 0 N–H and O–H groups in total. The van der Waals surface area contributed by atoms with E-state index in [2.05, 4.69) is 46.2 Å². The molecule has 2 aromatic carbocycles. The maximum Gasteiger partial charge on any atom is 0.211 e. The lowest BCUT2D eigenvalue weighted by Gasteiger charge is -2.34. The maximum absolute atomic E-state index is 11.7. The van der Waals surface area contributed by atoms with Gasteiger partial charge in [-0.3, -0.25) is 4.90 Å². The molecule has 3 heterocycles. The van der Waals surface area contributed by atoms with Crippen LogP contribution in [0.3, 0.4) is 0 Å². The number of ether oxygens (including phenoxy) is 2. The summed E-state index contributed by atoms with van der Waals surface area (Å²) in [4.78, 5) is 4.81. The van der Waals surface area contributed by atoms with E-state index in [4.69, 9.17) is 9.47 Å². The molecule has 172 valence electrons. The third-order valence-corrected chi connectivity index (χ3v) is 8.01. The molecule has 0 radical (unpaired) electrons. The molecule has 0 saturated carbocycles. The summed E-state index contributed by atoms with van der Waals surface area (Å²) in [5, 5.41) is 0. The van der Waals surface area contributed by atoms with E-state index in [-0.39, 0.29) is 0 Å². The van der Waals surface area contributed by atoms with Crippen molar-refractivity contribution in [2.24, 2.45) is 0 Å². The van der Waals surface area contributed by atoms with Gasteiger partial charge in [0.25, 0.3) is 0 Å². The number of rotatable bonds is 5. The Morgan fingerprint density at radius 1 is 0.906 bits per heavy atom. The summed E-state index contributed by atoms with van der Waals surface area (Å²) in [5.74, 6) is 1.71. The Labute approximate surface area is 190 Å². The van der Waals surface area contributed by atoms with Crippen molar-refractivity contribution >= 4 is 15.7 Å². The number of hydrogen-bond donors (Lipinski definition) is 0. The molecule has 2 fully saturated rings. The van der Waals surface area contributed by atoms with Gasteiger partial charge in [-0.05, 0) is 54.8 Å². The molecule has 8 heteroatoms. The molecule has 0 bridgehead atoms. The van der Waals surface area contributed by atoms with Crippen LogP contribution in [0.4, 0.5) is 5.69 Å². The van der Waals surface area contributed by atoms with Gasteiger partial charge in [-0.2, -0.15) is 4.31 Å². The van der Waals surface area contributed by atoms with Gasteiger partial charge in [0, 0.05) is 44.5 Å². The van der Waals surface area contributed by atoms with Crippen molar-refractivity contribution < 1.29 is 17.9 Å². The summed E-state index contributed by atoms with van der Waals surface area (Å²) in [7, 11) is -3.10. The van der Waals surface area contributed by atoms with Crippen LogP contribution in [0.1, 0.15) is 30.0 Å². The summed E-state index contributed by atoms with van der Waals surface area (Å²) in [5.41, 5.74) is 3.76. The Morgan fingerprint density at radius 2 is 1.62 bits per heavy atom. The molecular formula is C24H31N3O4S. The van der Waals surface area contributed by atoms with Gasteiger partial charge in [0.05, 0.1) is 6.26 Å². The largest absolute Gasteiger partial charge is 0.486 e. The lowest BCUT2D eigenvalue weighted by Crippen LogP contribution is -2.48. The molecule has 0 unspecified atom stereocenters. The quantitative estimate of drug-likeness (QED) is 0.688. The van der Waals surface area contributed by atoms with Crippen molar-refractivity contribution in [2.45, 2.75) is 25.4 Å². The van der Waals surface area contributed by atoms with Crippen molar-refractivity contribution in [1.82, 2.24) is 9.21 Å². The van der Waals surface area contributed by atoms with Crippen molar-refractivity contribution in [3.63, 3.8) is 0 Å². The first-order valence-corrected chi connectivity index (χ1v) is 13.2. The highest BCUT2D eigenvalue weighted by atomic mass is 32.2. The van der Waals surface area contributed by atoms with Crippen LogP contribution in [0.15, 0.2) is 42.5 Å². The molecule has 3 aliphatic heterocycles. The average Bonchev–Trinajstić information content (AvgIpc) is 3.27. The number of benzene rings is 2. The second-order valence-electron chi connectivity index (χ2n) is 8.85. The zero-order chi connectivity index (χ0) is 22.1. The van der Waals surface area contributed by atoms with E-state index < -0.39 is 10.0 Å². The molecule has 7 nitrogen and oxygen atoms in total. The maximum atomic E-state index is 11.7. The van der Waals surface area contributed by atoms with E-state index in [1.165, 1.54) is 23.8 Å². The lowest BCUT2D eigenvalue weighted by molar-refractivity contribution is 0.170. The first-order chi connectivity index (χ1) is 15.5. The van der Waals surface area contributed by atoms with Gasteiger partial charge in [0.1, 0.15) is 13.2 Å². The van der Waals surface area contributed by atoms with Crippen LogP contribution < -0.4 is 14.4 Å². The molecule has 2 aromatic rings. The summed E-state index contributed by atoms with van der Waals surface area (Å²) >= 11 is 0. The number of anilines is 1. The predicted octanol–water partition coefficient (Wildman–Crippen LogP) is 2.88. The molecule has 0 spiro atoms. The van der Waals surface area contributed by atoms with Crippen LogP contribution in [-0.4, -0.2) is 69.8 Å². The monoisotopic (exact) mass is 457 g/mol. The zero-order valence-corrected chi connectivity index (χ0v) is 19.4. The first-order valence-electron chi connectivity index (χ1n) is 11.4. The van der Waals surface area contributed by atoms with Crippen molar-refractivity contribution in [1.29, 1.82) is 0 Å². The summed E-state index contributed by atoms with van der Waals surface area (Å²) in [6.07, 6.45) is 3.64. The molecule has 2 saturated heterocycles. The highest BCUT2D eigenvalue weighted by molar-refractivity contribution is 7.88. The molecule has 1 atom stereocenters. The van der Waals surface area contributed by atoms with Crippen LogP contribution in [-0.2, 0) is 16.6 Å². The Balaban J connectivity index is 1.23. The first kappa shape index (κ1) is 21.6. The van der Waals surface area contributed by atoms with Crippen LogP contribution in [0.5, 0.6) is 11.5 Å².